The lowest BCUT2D eigenvalue weighted by Gasteiger charge is -2.45. The monoisotopic (exact) mass is 383 g/mol. The Kier molecular flexibility index (Phi) is 6.99. The molecule has 0 atom stereocenters. The normalized spacial score (nSPS) is 17.3. The molecule has 0 N–H and O–H groups in total. The molecule has 146 valence electrons. The molecule has 1 aliphatic carbocycles. The van der Waals surface area contributed by atoms with E-state index in [1.54, 1.807) is 5.23 Å². The van der Waals surface area contributed by atoms with Crippen LogP contribution in [0.5, 0.6) is 0 Å². The first-order valence-electron chi connectivity index (χ1n) is 9.65. The lowest BCUT2D eigenvalue weighted by Crippen LogP contribution is -2.52. The summed E-state index contributed by atoms with van der Waals surface area (Å²) in [6, 6.07) is 0. The molecule has 0 aromatic rings. The number of hydrogen-bond donors (Lipinski definition) is 0. The van der Waals surface area contributed by atoms with E-state index in [4.69, 9.17) is 9.05 Å². The van der Waals surface area contributed by atoms with Crippen LogP contribution in [0.15, 0.2) is 23.9 Å². The van der Waals surface area contributed by atoms with Crippen molar-refractivity contribution >= 4 is 16.6 Å². The van der Waals surface area contributed by atoms with Gasteiger partial charge in [0.2, 0.25) is 16.6 Å². The maximum absolute atomic E-state index is 6.59. The zero-order chi connectivity index (χ0) is 19.7. The Morgan fingerprint density at radius 2 is 1.36 bits per heavy atom. The standard InChI is InChI=1S/C20H41NO2Si2/c1-17(18-15-13-12-14-16-18)21(22-24(8,9)19(2,3)4)23-25(10,11)20(5,6)7/h15H,1,12-14,16H2,2-11H3. The Bertz CT molecular complexity index is 483. The molecule has 0 spiro atoms. The first-order chi connectivity index (χ1) is 11.1. The summed E-state index contributed by atoms with van der Waals surface area (Å²) in [5.41, 5.74) is 2.18. The highest BCUT2D eigenvalue weighted by molar-refractivity contribution is 6.75. The summed E-state index contributed by atoms with van der Waals surface area (Å²) in [6.45, 7) is 26.9. The maximum Gasteiger partial charge on any atom is 0.232 e. The van der Waals surface area contributed by atoms with E-state index in [2.05, 4.69) is 80.4 Å². The van der Waals surface area contributed by atoms with E-state index in [1.807, 2.05) is 0 Å². The second-order valence-electron chi connectivity index (χ2n) is 10.4. The predicted molar refractivity (Wildman–Crippen MR) is 114 cm³/mol. The van der Waals surface area contributed by atoms with Gasteiger partial charge in [-0.15, -0.1) is 5.23 Å². The number of nitrogens with zero attached hydrogens (tertiary/aromatic N) is 1. The minimum Gasteiger partial charge on any atom is -0.297 e. The van der Waals surface area contributed by atoms with Gasteiger partial charge in [0, 0.05) is 0 Å². The molecule has 1 rings (SSSR count). The summed E-state index contributed by atoms with van der Waals surface area (Å²) >= 11 is 0. The summed E-state index contributed by atoms with van der Waals surface area (Å²) < 4.78 is 13.2. The lowest BCUT2D eigenvalue weighted by atomic mass is 9.98. The molecule has 0 fully saturated rings. The highest BCUT2D eigenvalue weighted by Gasteiger charge is 2.45. The Morgan fingerprint density at radius 3 is 1.68 bits per heavy atom. The third-order valence-electron chi connectivity index (χ3n) is 6.12. The summed E-state index contributed by atoms with van der Waals surface area (Å²) in [6.07, 6.45) is 6.99. The first kappa shape index (κ1) is 22.7. The highest BCUT2D eigenvalue weighted by atomic mass is 28.4. The smallest absolute Gasteiger partial charge is 0.232 e. The minimum absolute atomic E-state index is 0.114. The Hall–Kier alpha value is -0.366. The van der Waals surface area contributed by atoms with Crippen LogP contribution in [0.4, 0.5) is 0 Å². The van der Waals surface area contributed by atoms with Crippen LogP contribution in [0.2, 0.25) is 36.3 Å². The zero-order valence-electron chi connectivity index (χ0n) is 18.4. The van der Waals surface area contributed by atoms with E-state index in [9.17, 15) is 0 Å². The largest absolute Gasteiger partial charge is 0.297 e. The van der Waals surface area contributed by atoms with Gasteiger partial charge in [0.1, 0.15) is 0 Å². The number of rotatable bonds is 6. The molecule has 0 heterocycles. The van der Waals surface area contributed by atoms with Gasteiger partial charge < -0.3 is 0 Å². The molecule has 0 unspecified atom stereocenters. The van der Waals surface area contributed by atoms with Crippen LogP contribution in [0.1, 0.15) is 67.2 Å². The predicted octanol–water partition coefficient (Wildman–Crippen LogP) is 7.18. The van der Waals surface area contributed by atoms with Crippen molar-refractivity contribution in [3.8, 4) is 0 Å². The van der Waals surface area contributed by atoms with Crippen molar-refractivity contribution in [3.05, 3.63) is 23.9 Å². The van der Waals surface area contributed by atoms with Crippen molar-refractivity contribution in [1.82, 2.24) is 5.23 Å². The molecule has 0 radical (unpaired) electrons. The number of hydrogen-bond acceptors (Lipinski definition) is 3. The molecule has 0 amide bonds. The maximum atomic E-state index is 6.59. The van der Waals surface area contributed by atoms with Crippen molar-refractivity contribution in [2.45, 2.75) is 103 Å². The number of allylic oxidation sites excluding steroid dienone is 2. The van der Waals surface area contributed by atoms with Crippen molar-refractivity contribution in [1.29, 1.82) is 0 Å². The fourth-order valence-electron chi connectivity index (χ4n) is 2.03. The van der Waals surface area contributed by atoms with Crippen LogP contribution < -0.4 is 0 Å². The van der Waals surface area contributed by atoms with Crippen LogP contribution in [0, 0.1) is 0 Å². The van der Waals surface area contributed by atoms with Crippen LogP contribution >= 0.6 is 0 Å². The molecule has 0 bridgehead atoms. The fraction of sp³-hybridized carbons (Fsp3) is 0.800. The summed E-state index contributed by atoms with van der Waals surface area (Å²) in [5, 5.41) is 1.96. The van der Waals surface area contributed by atoms with Crippen molar-refractivity contribution < 1.29 is 9.05 Å². The van der Waals surface area contributed by atoms with Crippen LogP contribution in [0.25, 0.3) is 0 Å². The molecule has 0 aliphatic heterocycles. The van der Waals surface area contributed by atoms with Crippen molar-refractivity contribution in [2.75, 3.05) is 0 Å². The molecule has 1 aliphatic rings. The molecule has 0 saturated carbocycles. The molecule has 5 heteroatoms. The van der Waals surface area contributed by atoms with E-state index < -0.39 is 16.6 Å². The van der Waals surface area contributed by atoms with Gasteiger partial charge in [-0.25, -0.2) is 0 Å². The van der Waals surface area contributed by atoms with E-state index in [1.165, 1.54) is 18.4 Å². The molecule has 25 heavy (non-hydrogen) atoms. The fourth-order valence-corrected chi connectivity index (χ4v) is 3.78. The third-order valence-corrected chi connectivity index (χ3v) is 14.6. The van der Waals surface area contributed by atoms with E-state index in [-0.39, 0.29) is 10.1 Å². The van der Waals surface area contributed by atoms with Crippen molar-refractivity contribution in [2.24, 2.45) is 0 Å². The van der Waals surface area contributed by atoms with Gasteiger partial charge in [0.05, 0.1) is 5.70 Å². The number of hydroxylamine groups is 2. The second kappa shape index (κ2) is 7.71. The molecule has 3 nitrogen and oxygen atoms in total. The van der Waals surface area contributed by atoms with Gasteiger partial charge in [0.15, 0.2) is 0 Å². The quantitative estimate of drug-likeness (QED) is 0.358. The summed E-state index contributed by atoms with van der Waals surface area (Å²) in [4.78, 5) is 0. The lowest BCUT2D eigenvalue weighted by molar-refractivity contribution is -0.245. The molecule has 0 aromatic carbocycles. The molecular formula is C20H41NO2Si2. The Balaban J connectivity index is 3.14. The topological polar surface area (TPSA) is 21.7 Å². The summed E-state index contributed by atoms with van der Waals surface area (Å²) in [7, 11) is -4.04. The van der Waals surface area contributed by atoms with Crippen molar-refractivity contribution in [3.63, 3.8) is 0 Å². The SMILES string of the molecule is C=C(C1=CCCCC1)N(O[Si](C)(C)C(C)(C)C)O[Si](C)(C)C(C)(C)C. The Morgan fingerprint density at radius 1 is 0.920 bits per heavy atom. The van der Waals surface area contributed by atoms with Gasteiger partial charge in [-0.2, -0.15) is 0 Å². The van der Waals surface area contributed by atoms with E-state index in [0.29, 0.717) is 0 Å². The van der Waals surface area contributed by atoms with Gasteiger partial charge in [-0.05, 0) is 67.5 Å². The summed E-state index contributed by atoms with van der Waals surface area (Å²) in [5.74, 6) is 0. The van der Waals surface area contributed by atoms with Gasteiger partial charge in [-0.3, -0.25) is 9.05 Å². The zero-order valence-corrected chi connectivity index (χ0v) is 20.4. The van der Waals surface area contributed by atoms with Gasteiger partial charge >= 0.3 is 0 Å². The molecular weight excluding hydrogens is 342 g/mol. The first-order valence-corrected chi connectivity index (χ1v) is 15.5. The Labute approximate surface area is 158 Å². The molecule has 0 saturated heterocycles. The van der Waals surface area contributed by atoms with Gasteiger partial charge in [0.25, 0.3) is 0 Å². The van der Waals surface area contributed by atoms with Gasteiger partial charge in [-0.1, -0.05) is 54.2 Å². The average molecular weight is 384 g/mol. The third kappa shape index (κ3) is 5.81. The minimum atomic E-state index is -2.02. The second-order valence-corrected chi connectivity index (χ2v) is 19.8. The highest BCUT2D eigenvalue weighted by Crippen LogP contribution is 2.42. The van der Waals surface area contributed by atoms with Crippen LogP contribution in [-0.4, -0.2) is 21.9 Å². The van der Waals surface area contributed by atoms with Crippen LogP contribution in [-0.2, 0) is 9.05 Å². The molecule has 0 aromatic heterocycles. The van der Waals surface area contributed by atoms with E-state index >= 15 is 0 Å². The van der Waals surface area contributed by atoms with Crippen LogP contribution in [0.3, 0.4) is 0 Å². The average Bonchev–Trinajstić information content (AvgIpc) is 2.43. The van der Waals surface area contributed by atoms with E-state index in [0.717, 1.165) is 18.5 Å².